The Morgan fingerprint density at radius 3 is 2.68 bits per heavy atom. The molecule has 1 N–H and O–H groups in total. The van der Waals surface area contributed by atoms with Gasteiger partial charge in [0.15, 0.2) is 6.61 Å². The molecule has 128 valence electrons. The normalized spacial score (nSPS) is 10.5. The van der Waals surface area contributed by atoms with Gasteiger partial charge in [0.2, 0.25) is 0 Å². The highest BCUT2D eigenvalue weighted by Gasteiger charge is 2.07. The van der Waals surface area contributed by atoms with E-state index in [9.17, 15) is 4.79 Å². The van der Waals surface area contributed by atoms with Crippen molar-refractivity contribution in [1.29, 1.82) is 0 Å². The Morgan fingerprint density at radius 1 is 1.12 bits per heavy atom. The first kappa shape index (κ1) is 17.2. The summed E-state index contributed by atoms with van der Waals surface area (Å²) < 4.78 is 5.54. The number of carbonyl (C=O) groups excluding carboxylic acids is 1. The average Bonchev–Trinajstić information content (AvgIpc) is 3.11. The molecule has 1 aromatic heterocycles. The van der Waals surface area contributed by atoms with E-state index in [-0.39, 0.29) is 12.5 Å². The van der Waals surface area contributed by atoms with Gasteiger partial charge in [-0.3, -0.25) is 4.79 Å². The summed E-state index contributed by atoms with van der Waals surface area (Å²) >= 11 is 1.57. The van der Waals surface area contributed by atoms with Gasteiger partial charge in [0.25, 0.3) is 5.91 Å². The van der Waals surface area contributed by atoms with Crippen LogP contribution in [0.15, 0.2) is 53.9 Å². The lowest BCUT2D eigenvalue weighted by atomic mass is 10.1. The molecule has 1 heterocycles. The molecule has 4 nitrogen and oxygen atoms in total. The van der Waals surface area contributed by atoms with E-state index in [1.165, 1.54) is 5.56 Å². The number of hydrogen-bond donors (Lipinski definition) is 1. The summed E-state index contributed by atoms with van der Waals surface area (Å²) in [6.07, 6.45) is 0. The highest BCUT2D eigenvalue weighted by molar-refractivity contribution is 7.13. The lowest BCUT2D eigenvalue weighted by Crippen LogP contribution is -2.28. The van der Waals surface area contributed by atoms with Gasteiger partial charge in [-0.05, 0) is 37.1 Å². The van der Waals surface area contributed by atoms with Gasteiger partial charge in [-0.2, -0.15) is 0 Å². The molecule has 3 rings (SSSR count). The van der Waals surface area contributed by atoms with Crippen molar-refractivity contribution in [2.75, 3.05) is 6.61 Å². The quantitative estimate of drug-likeness (QED) is 0.726. The highest BCUT2D eigenvalue weighted by atomic mass is 32.1. The molecule has 0 radical (unpaired) electrons. The molecule has 0 aliphatic carbocycles. The second-order valence-electron chi connectivity index (χ2n) is 5.82. The maximum absolute atomic E-state index is 12.0. The summed E-state index contributed by atoms with van der Waals surface area (Å²) in [5.74, 6) is 0.547. The van der Waals surface area contributed by atoms with E-state index in [0.29, 0.717) is 12.3 Å². The molecular formula is C20H20N2O2S. The van der Waals surface area contributed by atoms with E-state index in [1.54, 1.807) is 11.3 Å². The van der Waals surface area contributed by atoms with Gasteiger partial charge < -0.3 is 10.1 Å². The lowest BCUT2D eigenvalue weighted by molar-refractivity contribution is -0.123. The van der Waals surface area contributed by atoms with Crippen LogP contribution in [0.1, 0.15) is 16.8 Å². The maximum Gasteiger partial charge on any atom is 0.258 e. The molecule has 0 aliphatic heterocycles. The number of ether oxygens (including phenoxy) is 1. The van der Waals surface area contributed by atoms with Crippen molar-refractivity contribution in [2.45, 2.75) is 20.4 Å². The zero-order chi connectivity index (χ0) is 17.6. The maximum atomic E-state index is 12.0. The number of thiazole rings is 1. The minimum atomic E-state index is -0.160. The second kappa shape index (κ2) is 7.94. The highest BCUT2D eigenvalue weighted by Crippen LogP contribution is 2.23. The lowest BCUT2D eigenvalue weighted by Gasteiger charge is -2.08. The Kier molecular flexibility index (Phi) is 5.46. The van der Waals surface area contributed by atoms with Crippen LogP contribution in [-0.4, -0.2) is 17.5 Å². The SMILES string of the molecule is Cc1ccc(OCC(=O)NCc2csc(-c3ccccc3)n2)cc1C. The van der Waals surface area contributed by atoms with Gasteiger partial charge in [-0.15, -0.1) is 11.3 Å². The first-order chi connectivity index (χ1) is 12.1. The van der Waals surface area contributed by atoms with E-state index in [4.69, 9.17) is 4.74 Å². The van der Waals surface area contributed by atoms with Gasteiger partial charge in [0.1, 0.15) is 10.8 Å². The smallest absolute Gasteiger partial charge is 0.258 e. The van der Waals surface area contributed by atoms with E-state index < -0.39 is 0 Å². The molecule has 0 fully saturated rings. The molecule has 0 bridgehead atoms. The Bertz CT molecular complexity index is 859. The summed E-state index contributed by atoms with van der Waals surface area (Å²) in [6.45, 7) is 4.47. The van der Waals surface area contributed by atoms with Crippen molar-refractivity contribution >= 4 is 17.2 Å². The van der Waals surface area contributed by atoms with Gasteiger partial charge in [-0.25, -0.2) is 4.98 Å². The summed E-state index contributed by atoms with van der Waals surface area (Å²) in [5, 5.41) is 5.76. The second-order valence-corrected chi connectivity index (χ2v) is 6.68. The van der Waals surface area contributed by atoms with Gasteiger partial charge in [0, 0.05) is 10.9 Å². The summed E-state index contributed by atoms with van der Waals surface area (Å²) in [4.78, 5) is 16.5. The third-order valence-corrected chi connectivity index (χ3v) is 4.83. The number of benzene rings is 2. The fourth-order valence-electron chi connectivity index (χ4n) is 2.29. The Labute approximate surface area is 151 Å². The topological polar surface area (TPSA) is 51.2 Å². The van der Waals surface area contributed by atoms with Crippen molar-refractivity contribution in [2.24, 2.45) is 0 Å². The molecule has 0 spiro atoms. The van der Waals surface area contributed by atoms with Crippen molar-refractivity contribution < 1.29 is 9.53 Å². The van der Waals surface area contributed by atoms with Crippen LogP contribution in [0.25, 0.3) is 10.6 Å². The predicted octanol–water partition coefficient (Wildman–Crippen LogP) is 4.12. The van der Waals surface area contributed by atoms with Crippen LogP contribution < -0.4 is 10.1 Å². The Morgan fingerprint density at radius 2 is 1.92 bits per heavy atom. The number of rotatable bonds is 6. The van der Waals surface area contributed by atoms with Crippen LogP contribution in [0.2, 0.25) is 0 Å². The van der Waals surface area contributed by atoms with Crippen LogP contribution in [0.5, 0.6) is 5.75 Å². The predicted molar refractivity (Wildman–Crippen MR) is 101 cm³/mol. The molecule has 0 saturated heterocycles. The molecular weight excluding hydrogens is 332 g/mol. The third kappa shape index (κ3) is 4.67. The third-order valence-electron chi connectivity index (χ3n) is 3.89. The number of aromatic nitrogens is 1. The van der Waals surface area contributed by atoms with Crippen molar-refractivity contribution in [3.8, 4) is 16.3 Å². The Hall–Kier alpha value is -2.66. The number of hydrogen-bond acceptors (Lipinski definition) is 4. The largest absolute Gasteiger partial charge is 0.484 e. The van der Waals surface area contributed by atoms with E-state index in [0.717, 1.165) is 21.8 Å². The summed E-state index contributed by atoms with van der Waals surface area (Å²) in [5.41, 5.74) is 4.29. The molecule has 0 unspecified atom stereocenters. The fourth-order valence-corrected chi connectivity index (χ4v) is 3.12. The molecule has 5 heteroatoms. The van der Waals surface area contributed by atoms with Crippen LogP contribution in [0.3, 0.4) is 0 Å². The zero-order valence-electron chi connectivity index (χ0n) is 14.3. The monoisotopic (exact) mass is 352 g/mol. The number of aryl methyl sites for hydroxylation is 2. The van der Waals surface area contributed by atoms with E-state index >= 15 is 0 Å². The van der Waals surface area contributed by atoms with Crippen LogP contribution >= 0.6 is 11.3 Å². The standard InChI is InChI=1S/C20H20N2O2S/c1-14-8-9-18(10-15(14)2)24-12-19(23)21-11-17-13-25-20(22-17)16-6-4-3-5-7-16/h3-10,13H,11-12H2,1-2H3,(H,21,23). The minimum absolute atomic E-state index is 0.00181. The van der Waals surface area contributed by atoms with Gasteiger partial charge in [0.05, 0.1) is 12.2 Å². The van der Waals surface area contributed by atoms with Gasteiger partial charge in [-0.1, -0.05) is 36.4 Å². The first-order valence-corrected chi connectivity index (χ1v) is 8.96. The van der Waals surface area contributed by atoms with Crippen molar-refractivity contribution in [3.63, 3.8) is 0 Å². The van der Waals surface area contributed by atoms with Crippen LogP contribution in [0, 0.1) is 13.8 Å². The molecule has 25 heavy (non-hydrogen) atoms. The number of nitrogens with zero attached hydrogens (tertiary/aromatic N) is 1. The summed E-state index contributed by atoms with van der Waals surface area (Å²) in [7, 11) is 0. The molecule has 3 aromatic rings. The fraction of sp³-hybridized carbons (Fsp3) is 0.200. The molecule has 0 aliphatic rings. The average molecular weight is 352 g/mol. The van der Waals surface area contributed by atoms with E-state index in [1.807, 2.05) is 67.8 Å². The van der Waals surface area contributed by atoms with Crippen LogP contribution in [-0.2, 0) is 11.3 Å². The number of carbonyl (C=O) groups is 1. The number of nitrogens with one attached hydrogen (secondary N) is 1. The Balaban J connectivity index is 1.49. The van der Waals surface area contributed by atoms with Crippen molar-refractivity contribution in [3.05, 3.63) is 70.7 Å². The minimum Gasteiger partial charge on any atom is -0.484 e. The van der Waals surface area contributed by atoms with Gasteiger partial charge >= 0.3 is 0 Å². The van der Waals surface area contributed by atoms with Crippen LogP contribution in [0.4, 0.5) is 0 Å². The molecule has 0 saturated carbocycles. The summed E-state index contributed by atoms with van der Waals surface area (Å²) in [6, 6.07) is 15.8. The zero-order valence-corrected chi connectivity index (χ0v) is 15.1. The molecule has 2 aromatic carbocycles. The number of amides is 1. The molecule has 1 amide bonds. The van der Waals surface area contributed by atoms with Crippen molar-refractivity contribution in [1.82, 2.24) is 10.3 Å². The molecule has 0 atom stereocenters. The van der Waals surface area contributed by atoms with E-state index in [2.05, 4.69) is 10.3 Å². The first-order valence-electron chi connectivity index (χ1n) is 8.08.